The second kappa shape index (κ2) is 39.7. The number of aliphatic hydroxyl groups excluding tert-OH is 4. The number of nitrogens with one attached hydrogen (secondary N) is 8. The van der Waals surface area contributed by atoms with Gasteiger partial charge in [0.2, 0.25) is 0 Å². The number of carbonyl (C=O) groups is 4. The lowest BCUT2D eigenvalue weighted by molar-refractivity contribution is 0.0900. The van der Waals surface area contributed by atoms with Crippen LogP contribution in [-0.4, -0.2) is 151 Å². The Morgan fingerprint density at radius 1 is 0.357 bits per heavy atom. The van der Waals surface area contributed by atoms with E-state index in [-0.39, 0.29) is 121 Å². The van der Waals surface area contributed by atoms with Crippen LogP contribution in [0.4, 0.5) is 22.7 Å². The van der Waals surface area contributed by atoms with Crippen molar-refractivity contribution in [3.05, 3.63) is 205 Å². The molecule has 760 valence electrons. The molecular weight excluding hydrogens is 1800 g/mol. The van der Waals surface area contributed by atoms with Crippen molar-refractivity contribution >= 4 is 89.0 Å². The van der Waals surface area contributed by atoms with Crippen molar-refractivity contribution in [3.63, 3.8) is 0 Å². The number of H-pyrrole nitrogens is 4. The lowest BCUT2D eigenvalue weighted by Crippen LogP contribution is -2.29. The smallest absolute Gasteiger partial charge is 0.258 e. The second-order valence-electron chi connectivity index (χ2n) is 48.0. The molecule has 0 unspecified atom stereocenters. The van der Waals surface area contributed by atoms with Crippen LogP contribution < -0.4 is 43.5 Å². The maximum atomic E-state index is 13.4. The number of pyridine rings is 4. The predicted octanol–water partition coefficient (Wildman–Crippen LogP) is 20.3. The van der Waals surface area contributed by atoms with Crippen LogP contribution in [0.3, 0.4) is 0 Å². The lowest BCUT2D eigenvalue weighted by Gasteiger charge is -2.29. The Labute approximate surface area is 836 Å². The van der Waals surface area contributed by atoms with E-state index in [0.717, 1.165) is 325 Å². The fourth-order valence-electron chi connectivity index (χ4n) is 23.9. The first-order valence-electron chi connectivity index (χ1n) is 52.8. The average Bonchev–Trinajstić information content (AvgIpc) is 1.61. The third-order valence-corrected chi connectivity index (χ3v) is 31.2. The van der Waals surface area contributed by atoms with Gasteiger partial charge in [-0.2, -0.15) is 20.4 Å². The van der Waals surface area contributed by atoms with E-state index in [4.69, 9.17) is 20.4 Å². The number of carbonyl (C=O) groups excluding carboxylic acids is 4. The molecule has 28 nitrogen and oxygen atoms in total. The average molecular weight is 1950 g/mol. The summed E-state index contributed by atoms with van der Waals surface area (Å²) < 4.78 is 7.68. The van der Waals surface area contributed by atoms with Gasteiger partial charge in [0.1, 0.15) is 0 Å². The van der Waals surface area contributed by atoms with Crippen molar-refractivity contribution in [1.82, 2.24) is 59.1 Å². The number of unbranched alkanes of at least 4 members (excludes halogenated alkanes) is 1. The molecule has 9 aliphatic rings. The van der Waals surface area contributed by atoms with Gasteiger partial charge in [-0.25, -0.2) is 18.7 Å². The van der Waals surface area contributed by atoms with Crippen LogP contribution in [0.25, 0.3) is 65.8 Å². The van der Waals surface area contributed by atoms with Gasteiger partial charge >= 0.3 is 0 Å². The number of aromatic amines is 4. The van der Waals surface area contributed by atoms with Crippen LogP contribution in [0.1, 0.15) is 367 Å². The van der Waals surface area contributed by atoms with Crippen LogP contribution in [0, 0.1) is 55.3 Å². The van der Waals surface area contributed by atoms with E-state index >= 15 is 0 Å². The molecule has 9 aliphatic carbocycles. The van der Waals surface area contributed by atoms with Gasteiger partial charge in [0.15, 0.2) is 23.1 Å². The van der Waals surface area contributed by atoms with Gasteiger partial charge in [0.05, 0.1) is 137 Å². The Bertz CT molecular complexity index is 7220. The highest BCUT2D eigenvalue weighted by molar-refractivity contribution is 6.04. The van der Waals surface area contributed by atoms with Crippen molar-refractivity contribution in [1.29, 1.82) is 0 Å². The van der Waals surface area contributed by atoms with Crippen molar-refractivity contribution in [2.24, 2.45) is 27.6 Å². The van der Waals surface area contributed by atoms with Gasteiger partial charge in [-0.05, 0) is 316 Å². The maximum Gasteiger partial charge on any atom is 0.258 e. The van der Waals surface area contributed by atoms with E-state index < -0.39 is 0 Å². The molecule has 8 heterocycles. The third-order valence-electron chi connectivity index (χ3n) is 31.2. The number of fused-ring (bicyclic) bond motifs is 8. The quantitative estimate of drug-likeness (QED) is 0.0380. The number of hydrogen-bond acceptors (Lipinski definition) is 20. The van der Waals surface area contributed by atoms with Crippen LogP contribution in [0.2, 0.25) is 0 Å². The van der Waals surface area contributed by atoms with Crippen LogP contribution in [-0.2, 0) is 43.9 Å². The molecule has 28 heteroatoms. The van der Waals surface area contributed by atoms with Crippen LogP contribution in [0.5, 0.6) is 0 Å². The summed E-state index contributed by atoms with van der Waals surface area (Å²) in [4.78, 5) is 118. The third kappa shape index (κ3) is 21.8. The van der Waals surface area contributed by atoms with Crippen molar-refractivity contribution in [2.75, 3.05) is 21.3 Å². The molecular formula is C115H148N16O12. The molecule has 0 atom stereocenters. The van der Waals surface area contributed by atoms with Gasteiger partial charge in [0, 0.05) is 101 Å². The number of Topliss-reactive ketones (excluding diaryl/α,β-unsaturated/α-hetero) is 4. The zero-order chi connectivity index (χ0) is 102. The molecule has 12 aromatic rings. The molecule has 0 saturated heterocycles. The molecule has 0 radical (unpaired) electrons. The maximum absolute atomic E-state index is 13.4. The van der Waals surface area contributed by atoms with E-state index in [1.807, 2.05) is 95.0 Å². The summed E-state index contributed by atoms with van der Waals surface area (Å²) in [5.74, 6) is 1.47. The predicted molar refractivity (Wildman–Crippen MR) is 567 cm³/mol. The highest BCUT2D eigenvalue weighted by Crippen LogP contribution is 2.47. The van der Waals surface area contributed by atoms with Crippen LogP contribution >= 0.6 is 0 Å². The molecule has 8 aromatic heterocycles. The van der Waals surface area contributed by atoms with E-state index in [1.54, 1.807) is 0 Å². The van der Waals surface area contributed by atoms with Gasteiger partial charge in [-0.1, -0.05) is 103 Å². The number of aryl methyl sites for hydroxylation is 5. The van der Waals surface area contributed by atoms with Gasteiger partial charge in [-0.15, -0.1) is 0 Å². The van der Waals surface area contributed by atoms with Crippen molar-refractivity contribution in [2.45, 2.75) is 377 Å². The highest BCUT2D eigenvalue weighted by atomic mass is 16.3. The summed E-state index contributed by atoms with van der Waals surface area (Å²) >= 11 is 0. The van der Waals surface area contributed by atoms with E-state index in [1.165, 1.54) is 0 Å². The van der Waals surface area contributed by atoms with E-state index in [2.05, 4.69) is 162 Å². The summed E-state index contributed by atoms with van der Waals surface area (Å²) in [6, 6.07) is 25.3. The minimum Gasteiger partial charge on any atom is -0.393 e. The molecule has 5 fully saturated rings. The van der Waals surface area contributed by atoms with E-state index in [0.29, 0.717) is 59.1 Å². The fourth-order valence-corrected chi connectivity index (χ4v) is 23.9. The number of aliphatic hydroxyl groups is 4. The Morgan fingerprint density at radius 2 is 0.629 bits per heavy atom. The molecule has 0 bridgehead atoms. The van der Waals surface area contributed by atoms with Gasteiger partial charge in [-0.3, -0.25) is 38.4 Å². The summed E-state index contributed by atoms with van der Waals surface area (Å²) in [6.07, 6.45) is 23.1. The van der Waals surface area contributed by atoms with Gasteiger partial charge in [0.25, 0.3) is 22.2 Å². The molecule has 21 rings (SSSR count). The number of nitrogens with zero attached hydrogens (tertiary/aromatic N) is 8. The minimum absolute atomic E-state index is 0.0655. The highest BCUT2D eigenvalue weighted by Gasteiger charge is 2.42. The summed E-state index contributed by atoms with van der Waals surface area (Å²) in [7, 11) is 0. The Kier molecular flexibility index (Phi) is 28.1. The Hall–Kier alpha value is -11.7. The first-order valence-corrected chi connectivity index (χ1v) is 52.8. The Morgan fingerprint density at radius 3 is 0.916 bits per heavy atom. The number of rotatable bonds is 18. The topological polar surface area (TPSA) is 400 Å². The number of ketones is 4. The summed E-state index contributed by atoms with van der Waals surface area (Å²) in [6.45, 7) is 37.3. The standard InChI is InChI=1S/3C29H38N4O3.C28H34N4O3/c1-16-25-22(14-29(5,6)15-23(25)35)33(32-16)19-11-17-12-24(28(2,3)4)31-27(36)26(17)21(13-19)30-18-7-9-20(34)10-8-18;1-16(2)10-20-11-18-12-21(33-24-14-29(4,5)15-25(35)26(24)17(3)32-33)13-23(27(18)28(36)31-20)30-19-6-8-22(34)9-7-19;1-5-6-7-20-12-18-13-21(33-24-15-29(3,4)16-25(35)26(24)17(2)32-33)14-23(27(18)28(36)31-20)30-19-8-10-22(34)11-9-19;1-15-25-23(13-28(2,3)14-24(25)34)32(31-15)19-10-17-11-21(16-4-5-16)30-27(35)26(17)22(12-19)29-18-6-8-20(33)9-7-18/h11-13,18,20,30,34H,7-10,14-15H2,1-6H3,(H,31,36);11-13,16,19,22,30,34H,6-10,14-15H2,1-5H3,(H,31,36);12-14,19,22,30,34H,5-11,15-16H2,1-4H3,(H,31,36);10-12,16,18,20,29,33H,4-9,13-14H2,1-3H3,(H,30,35). The number of hydrogen-bond donors (Lipinski definition) is 12. The van der Waals surface area contributed by atoms with Crippen molar-refractivity contribution in [3.8, 4) is 22.7 Å². The number of benzene rings is 4. The zero-order valence-electron chi connectivity index (χ0n) is 87.0. The number of anilines is 4. The fraction of sp³-hybridized carbons (Fsp3) is 0.548. The minimum atomic E-state index is -0.247. The molecule has 12 N–H and O–H groups in total. The zero-order valence-corrected chi connectivity index (χ0v) is 87.0. The molecule has 0 spiro atoms. The monoisotopic (exact) mass is 1950 g/mol. The molecule has 5 saturated carbocycles. The Balaban J connectivity index is 0.000000126. The van der Waals surface area contributed by atoms with Crippen LogP contribution in [0.15, 0.2) is 92.0 Å². The first-order chi connectivity index (χ1) is 67.7. The number of aromatic nitrogens is 12. The molecule has 0 amide bonds. The molecule has 143 heavy (non-hydrogen) atoms. The SMILES string of the molecule is CCCCc1cc2cc(-n3nc(C)c4c3CC(C)(C)CC4=O)cc(NC3CCC(O)CC3)c2c(=O)[nH]1.Cc1nn(-c2cc(NC3CCC(O)CC3)c3c(=O)[nH]c(C(C)(C)C)cc3c2)c2c1C(=O)CC(C)(C)C2.Cc1nn(-c2cc(NC3CCC(O)CC3)c3c(=O)[nH]c(C4CC4)cc3c2)c2c1C(=O)CC(C)(C)C2.Cc1nn(-c2cc(NC3CCC(O)CC3)c3c(=O)[nH]c(CC(C)C)cc3c2)c2c1C(=O)CC(C)(C)C2. The molecule has 0 aliphatic heterocycles. The second-order valence-corrected chi connectivity index (χ2v) is 48.0. The van der Waals surface area contributed by atoms with Crippen molar-refractivity contribution < 1.29 is 39.6 Å². The molecule has 4 aromatic carbocycles. The lowest BCUT2D eigenvalue weighted by atomic mass is 9.75. The van der Waals surface area contributed by atoms with Gasteiger partial charge < -0.3 is 61.6 Å². The normalized spacial score (nSPS) is 22.3. The summed E-state index contributed by atoms with van der Waals surface area (Å²) in [5, 5.41) is 79.7. The van der Waals surface area contributed by atoms with E-state index in [9.17, 15) is 58.8 Å². The summed E-state index contributed by atoms with van der Waals surface area (Å²) in [5.41, 5.74) is 19.1. The largest absolute Gasteiger partial charge is 0.393 e. The first kappa shape index (κ1) is 101.